The molecule has 0 aliphatic heterocycles. The van der Waals surface area contributed by atoms with E-state index in [1.807, 2.05) is 38.1 Å². The van der Waals surface area contributed by atoms with Gasteiger partial charge in [0.05, 0.1) is 0 Å². The van der Waals surface area contributed by atoms with Crippen LogP contribution in [-0.2, 0) is 13.2 Å². The molecule has 2 N–H and O–H groups in total. The summed E-state index contributed by atoms with van der Waals surface area (Å²) in [5.74, 6) is 2.18. The van der Waals surface area contributed by atoms with Crippen molar-refractivity contribution in [1.29, 1.82) is 0 Å². The molecule has 96 valence electrons. The van der Waals surface area contributed by atoms with Crippen LogP contribution in [0.3, 0.4) is 0 Å². The van der Waals surface area contributed by atoms with Crippen molar-refractivity contribution in [2.75, 3.05) is 0 Å². The highest BCUT2D eigenvalue weighted by molar-refractivity contribution is 5.32. The van der Waals surface area contributed by atoms with Gasteiger partial charge in [0, 0.05) is 18.0 Å². The molecule has 2 rings (SSSR count). The van der Waals surface area contributed by atoms with Gasteiger partial charge in [-0.15, -0.1) is 0 Å². The zero-order chi connectivity index (χ0) is 13.0. The first kappa shape index (κ1) is 12.6. The van der Waals surface area contributed by atoms with E-state index in [4.69, 9.17) is 15.0 Å². The summed E-state index contributed by atoms with van der Waals surface area (Å²) in [6.45, 7) is 4.73. The minimum atomic E-state index is 0.249. The molecule has 0 unspecified atom stereocenters. The number of para-hydroxylation sites is 1. The summed E-state index contributed by atoms with van der Waals surface area (Å²) in [7, 11) is 0. The van der Waals surface area contributed by atoms with Gasteiger partial charge >= 0.3 is 0 Å². The fourth-order valence-corrected chi connectivity index (χ4v) is 1.51. The van der Waals surface area contributed by atoms with Crippen LogP contribution in [0.15, 0.2) is 28.8 Å². The Morgan fingerprint density at radius 2 is 2.11 bits per heavy atom. The van der Waals surface area contributed by atoms with Crippen molar-refractivity contribution in [2.45, 2.75) is 32.9 Å². The molecule has 0 saturated heterocycles. The van der Waals surface area contributed by atoms with Gasteiger partial charge in [-0.3, -0.25) is 0 Å². The number of hydrogen-bond donors (Lipinski definition) is 1. The maximum absolute atomic E-state index is 5.63. The van der Waals surface area contributed by atoms with E-state index >= 15 is 0 Å². The van der Waals surface area contributed by atoms with E-state index in [1.54, 1.807) is 0 Å². The van der Waals surface area contributed by atoms with Crippen molar-refractivity contribution >= 4 is 0 Å². The lowest BCUT2D eigenvalue weighted by molar-refractivity contribution is 0.240. The Bertz CT molecular complexity index is 508. The first-order valence-corrected chi connectivity index (χ1v) is 5.94. The van der Waals surface area contributed by atoms with Gasteiger partial charge in [0.1, 0.15) is 5.75 Å². The molecule has 0 atom stereocenters. The van der Waals surface area contributed by atoms with Crippen molar-refractivity contribution in [3.63, 3.8) is 0 Å². The highest BCUT2D eigenvalue weighted by atomic mass is 16.5. The Labute approximate surface area is 106 Å². The maximum atomic E-state index is 5.63. The Hall–Kier alpha value is -1.88. The zero-order valence-corrected chi connectivity index (χ0v) is 10.6. The maximum Gasteiger partial charge on any atom is 0.264 e. The van der Waals surface area contributed by atoms with Gasteiger partial charge in [-0.25, -0.2) is 0 Å². The second kappa shape index (κ2) is 5.64. The fraction of sp³-hybridized carbons (Fsp3) is 0.385. The molecular weight excluding hydrogens is 230 g/mol. The van der Waals surface area contributed by atoms with Gasteiger partial charge in [0.25, 0.3) is 5.89 Å². The van der Waals surface area contributed by atoms with Crippen LogP contribution in [-0.4, -0.2) is 10.1 Å². The number of nitrogens with zero attached hydrogens (tertiary/aromatic N) is 2. The van der Waals surface area contributed by atoms with Crippen LogP contribution in [0, 0.1) is 0 Å². The first-order chi connectivity index (χ1) is 8.70. The Morgan fingerprint density at radius 1 is 1.33 bits per heavy atom. The van der Waals surface area contributed by atoms with E-state index in [2.05, 4.69) is 10.1 Å². The summed E-state index contributed by atoms with van der Waals surface area (Å²) in [5.41, 5.74) is 6.59. The Kier molecular flexibility index (Phi) is 3.94. The first-order valence-electron chi connectivity index (χ1n) is 5.94. The molecule has 5 heteroatoms. The van der Waals surface area contributed by atoms with Crippen molar-refractivity contribution in [2.24, 2.45) is 5.73 Å². The SMILES string of the molecule is CC(C)c1noc(COc2ccccc2CN)n1. The molecular formula is C13H17N3O2. The van der Waals surface area contributed by atoms with E-state index in [0.29, 0.717) is 18.3 Å². The highest BCUT2D eigenvalue weighted by Crippen LogP contribution is 2.18. The van der Waals surface area contributed by atoms with Crippen molar-refractivity contribution in [1.82, 2.24) is 10.1 Å². The largest absolute Gasteiger partial charge is 0.483 e. The average molecular weight is 247 g/mol. The van der Waals surface area contributed by atoms with Gasteiger partial charge in [0.2, 0.25) is 0 Å². The van der Waals surface area contributed by atoms with E-state index < -0.39 is 0 Å². The summed E-state index contributed by atoms with van der Waals surface area (Å²) in [6, 6.07) is 7.64. The molecule has 1 aromatic heterocycles. The van der Waals surface area contributed by atoms with Gasteiger partial charge in [-0.1, -0.05) is 37.2 Å². The Morgan fingerprint density at radius 3 is 2.78 bits per heavy atom. The van der Waals surface area contributed by atoms with Gasteiger partial charge < -0.3 is 15.0 Å². The third kappa shape index (κ3) is 2.87. The smallest absolute Gasteiger partial charge is 0.264 e. The quantitative estimate of drug-likeness (QED) is 0.877. The Balaban J connectivity index is 2.02. The molecule has 0 spiro atoms. The molecule has 0 aliphatic carbocycles. The average Bonchev–Trinajstić information content (AvgIpc) is 2.85. The third-order valence-electron chi connectivity index (χ3n) is 2.54. The second-order valence-corrected chi connectivity index (χ2v) is 4.30. The second-order valence-electron chi connectivity index (χ2n) is 4.30. The van der Waals surface area contributed by atoms with Gasteiger partial charge in [-0.05, 0) is 6.07 Å². The zero-order valence-electron chi connectivity index (χ0n) is 10.6. The normalized spacial score (nSPS) is 10.9. The van der Waals surface area contributed by atoms with Crippen LogP contribution in [0.2, 0.25) is 0 Å². The number of benzene rings is 1. The van der Waals surface area contributed by atoms with Crippen molar-refractivity contribution in [3.05, 3.63) is 41.5 Å². The molecule has 2 aromatic rings. The summed E-state index contributed by atoms with van der Waals surface area (Å²) in [6.07, 6.45) is 0. The predicted octanol–water partition coefficient (Wildman–Crippen LogP) is 2.23. The summed E-state index contributed by atoms with van der Waals surface area (Å²) in [5, 5.41) is 3.88. The lowest BCUT2D eigenvalue weighted by Gasteiger charge is -2.07. The molecule has 5 nitrogen and oxygen atoms in total. The number of ether oxygens (including phenoxy) is 1. The molecule has 0 saturated carbocycles. The van der Waals surface area contributed by atoms with Gasteiger partial charge in [0.15, 0.2) is 12.4 Å². The summed E-state index contributed by atoms with van der Waals surface area (Å²) in [4.78, 5) is 4.25. The van der Waals surface area contributed by atoms with Crippen molar-refractivity contribution in [3.8, 4) is 5.75 Å². The molecule has 0 radical (unpaired) electrons. The minimum Gasteiger partial charge on any atom is -0.483 e. The molecule has 0 fully saturated rings. The molecule has 0 amide bonds. The van der Waals surface area contributed by atoms with E-state index in [0.717, 1.165) is 11.3 Å². The highest BCUT2D eigenvalue weighted by Gasteiger charge is 2.10. The molecule has 1 aromatic carbocycles. The van der Waals surface area contributed by atoms with Crippen LogP contribution in [0.25, 0.3) is 0 Å². The van der Waals surface area contributed by atoms with Gasteiger partial charge in [-0.2, -0.15) is 4.98 Å². The van der Waals surface area contributed by atoms with Crippen LogP contribution in [0.1, 0.15) is 37.0 Å². The molecule has 18 heavy (non-hydrogen) atoms. The monoisotopic (exact) mass is 247 g/mol. The predicted molar refractivity (Wildman–Crippen MR) is 67.1 cm³/mol. The summed E-state index contributed by atoms with van der Waals surface area (Å²) >= 11 is 0. The number of rotatable bonds is 5. The number of hydrogen-bond acceptors (Lipinski definition) is 5. The standard InChI is InChI=1S/C13H17N3O2/c1-9(2)13-15-12(18-16-13)8-17-11-6-4-3-5-10(11)7-14/h3-6,9H,7-8,14H2,1-2H3. The fourth-order valence-electron chi connectivity index (χ4n) is 1.51. The van der Waals surface area contributed by atoms with Crippen LogP contribution >= 0.6 is 0 Å². The van der Waals surface area contributed by atoms with E-state index in [-0.39, 0.29) is 12.5 Å². The lowest BCUT2D eigenvalue weighted by atomic mass is 10.2. The van der Waals surface area contributed by atoms with E-state index in [1.165, 1.54) is 0 Å². The molecule has 1 heterocycles. The van der Waals surface area contributed by atoms with Crippen LogP contribution in [0.4, 0.5) is 0 Å². The molecule has 0 bridgehead atoms. The lowest BCUT2D eigenvalue weighted by Crippen LogP contribution is -2.02. The topological polar surface area (TPSA) is 74.2 Å². The van der Waals surface area contributed by atoms with Crippen molar-refractivity contribution < 1.29 is 9.26 Å². The van der Waals surface area contributed by atoms with Crippen LogP contribution in [0.5, 0.6) is 5.75 Å². The minimum absolute atomic E-state index is 0.249. The number of aromatic nitrogens is 2. The number of nitrogens with two attached hydrogens (primary N) is 1. The summed E-state index contributed by atoms with van der Waals surface area (Å²) < 4.78 is 10.7. The third-order valence-corrected chi connectivity index (χ3v) is 2.54. The van der Waals surface area contributed by atoms with E-state index in [9.17, 15) is 0 Å². The van der Waals surface area contributed by atoms with Crippen LogP contribution < -0.4 is 10.5 Å². The molecule has 0 aliphatic rings.